The van der Waals surface area contributed by atoms with E-state index in [-0.39, 0.29) is 30.0 Å². The summed E-state index contributed by atoms with van der Waals surface area (Å²) in [7, 11) is 1.23. The minimum absolute atomic E-state index is 0.0701. The fraction of sp³-hybridized carbons (Fsp3) is 0.308. The van der Waals surface area contributed by atoms with E-state index in [1.165, 1.54) is 24.1 Å². The van der Waals surface area contributed by atoms with Gasteiger partial charge < -0.3 is 14.7 Å². The third kappa shape index (κ3) is 2.41. The maximum absolute atomic E-state index is 11.7. The van der Waals surface area contributed by atoms with Gasteiger partial charge in [-0.1, -0.05) is 0 Å². The summed E-state index contributed by atoms with van der Waals surface area (Å²) in [6, 6.07) is 6.35. The third-order valence-corrected chi connectivity index (χ3v) is 2.95. The molecule has 98 valence electrons. The van der Waals surface area contributed by atoms with Crippen LogP contribution in [0.4, 0.5) is 5.69 Å². The minimum Gasteiger partial charge on any atom is -0.465 e. The molecule has 0 radical (unpaired) electrons. The summed E-state index contributed by atoms with van der Waals surface area (Å²) in [6.45, 7) is 0.196. The van der Waals surface area contributed by atoms with Crippen molar-refractivity contribution in [3.05, 3.63) is 29.3 Å². The van der Waals surface area contributed by atoms with E-state index in [0.717, 1.165) is 0 Å². The zero-order valence-corrected chi connectivity index (χ0v) is 10.3. The molecule has 1 atom stereocenters. The summed E-state index contributed by atoms with van der Waals surface area (Å²) in [5.74, 6) is -0.807. The van der Waals surface area contributed by atoms with Gasteiger partial charge in [-0.2, -0.15) is 5.26 Å². The molecule has 0 bridgehead atoms. The number of methoxy groups -OCH3 is 1. The second-order valence-corrected chi connectivity index (χ2v) is 4.20. The van der Waals surface area contributed by atoms with Crippen molar-refractivity contribution in [3.63, 3.8) is 0 Å². The van der Waals surface area contributed by atoms with Crippen LogP contribution in [-0.2, 0) is 9.53 Å². The molecule has 6 nitrogen and oxygen atoms in total. The van der Waals surface area contributed by atoms with Gasteiger partial charge in [-0.15, -0.1) is 0 Å². The monoisotopic (exact) mass is 260 g/mol. The van der Waals surface area contributed by atoms with Crippen LogP contribution in [0.3, 0.4) is 0 Å². The van der Waals surface area contributed by atoms with E-state index in [9.17, 15) is 14.7 Å². The quantitative estimate of drug-likeness (QED) is 0.779. The molecule has 0 aromatic heterocycles. The molecule has 1 aromatic rings. The van der Waals surface area contributed by atoms with Crippen molar-refractivity contribution in [3.8, 4) is 6.07 Å². The fourth-order valence-electron chi connectivity index (χ4n) is 2.02. The number of benzene rings is 1. The van der Waals surface area contributed by atoms with Crippen LogP contribution in [-0.4, -0.2) is 36.7 Å². The molecule has 1 amide bonds. The van der Waals surface area contributed by atoms with Gasteiger partial charge in [0.1, 0.15) is 6.07 Å². The van der Waals surface area contributed by atoms with E-state index in [1.54, 1.807) is 6.07 Å². The second kappa shape index (κ2) is 5.08. The molecule has 1 saturated heterocycles. The maximum atomic E-state index is 11.7. The lowest BCUT2D eigenvalue weighted by Gasteiger charge is -2.16. The first kappa shape index (κ1) is 13.1. The SMILES string of the molecule is COC(=O)c1ccc(N2CC(O)CC2=O)cc1C#N. The summed E-state index contributed by atoms with van der Waals surface area (Å²) >= 11 is 0. The average molecular weight is 260 g/mol. The number of aliphatic hydroxyl groups is 1. The minimum atomic E-state index is -0.696. The Morgan fingerprint density at radius 2 is 2.32 bits per heavy atom. The number of anilines is 1. The molecule has 6 heteroatoms. The van der Waals surface area contributed by atoms with Crippen molar-refractivity contribution >= 4 is 17.6 Å². The van der Waals surface area contributed by atoms with Crippen molar-refractivity contribution in [1.82, 2.24) is 0 Å². The number of β-amino-alcohol motifs (C(OH)–C–C–N with tert-alkyl or cyclic N) is 1. The predicted molar refractivity (Wildman–Crippen MR) is 65.5 cm³/mol. The number of hydrogen-bond acceptors (Lipinski definition) is 5. The normalized spacial score (nSPS) is 18.3. The molecule has 0 aliphatic carbocycles. The molecule has 2 rings (SSSR count). The fourth-order valence-corrected chi connectivity index (χ4v) is 2.02. The summed E-state index contributed by atoms with van der Waals surface area (Å²) in [5.41, 5.74) is 0.783. The molecule has 19 heavy (non-hydrogen) atoms. The Bertz CT molecular complexity index is 576. The number of aliphatic hydroxyl groups excluding tert-OH is 1. The largest absolute Gasteiger partial charge is 0.465 e. The summed E-state index contributed by atoms with van der Waals surface area (Å²) in [5, 5.41) is 18.5. The number of ether oxygens (including phenoxy) is 1. The molecular weight excluding hydrogens is 248 g/mol. The Kier molecular flexibility index (Phi) is 3.49. The smallest absolute Gasteiger partial charge is 0.339 e. The molecule has 0 saturated carbocycles. The highest BCUT2D eigenvalue weighted by Crippen LogP contribution is 2.24. The standard InChI is InChI=1S/C13H12N2O4/c1-19-13(18)11-3-2-9(4-8(11)6-14)15-7-10(16)5-12(15)17/h2-4,10,16H,5,7H2,1H3. The Labute approximate surface area is 109 Å². The molecular formula is C13H12N2O4. The number of rotatable bonds is 2. The lowest BCUT2D eigenvalue weighted by molar-refractivity contribution is -0.117. The average Bonchev–Trinajstić information content (AvgIpc) is 2.76. The van der Waals surface area contributed by atoms with Crippen LogP contribution in [0.25, 0.3) is 0 Å². The van der Waals surface area contributed by atoms with Crippen LogP contribution in [0, 0.1) is 11.3 Å². The van der Waals surface area contributed by atoms with Gasteiger partial charge in [0.25, 0.3) is 0 Å². The first-order valence-electron chi connectivity index (χ1n) is 5.67. The number of nitrogens with zero attached hydrogens (tertiary/aromatic N) is 2. The van der Waals surface area contributed by atoms with E-state index in [2.05, 4.69) is 4.74 Å². The third-order valence-electron chi connectivity index (χ3n) is 2.95. The van der Waals surface area contributed by atoms with Gasteiger partial charge in [0, 0.05) is 5.69 Å². The van der Waals surface area contributed by atoms with Gasteiger partial charge in [-0.3, -0.25) is 4.79 Å². The number of nitriles is 1. The Morgan fingerprint density at radius 1 is 1.58 bits per heavy atom. The molecule has 1 fully saturated rings. The van der Waals surface area contributed by atoms with E-state index < -0.39 is 12.1 Å². The summed E-state index contributed by atoms with van der Waals surface area (Å²) in [6.07, 6.45) is -0.626. The molecule has 1 aliphatic rings. The molecule has 0 spiro atoms. The molecule has 1 unspecified atom stereocenters. The molecule has 1 N–H and O–H groups in total. The number of hydrogen-bond donors (Lipinski definition) is 1. The van der Waals surface area contributed by atoms with Crippen molar-refractivity contribution in [2.75, 3.05) is 18.6 Å². The van der Waals surface area contributed by atoms with Crippen LogP contribution in [0.15, 0.2) is 18.2 Å². The van der Waals surface area contributed by atoms with Crippen LogP contribution < -0.4 is 4.90 Å². The second-order valence-electron chi connectivity index (χ2n) is 4.20. The highest BCUT2D eigenvalue weighted by atomic mass is 16.5. The van der Waals surface area contributed by atoms with E-state index in [1.807, 2.05) is 6.07 Å². The summed E-state index contributed by atoms with van der Waals surface area (Å²) < 4.78 is 4.57. The topological polar surface area (TPSA) is 90.6 Å². The highest BCUT2D eigenvalue weighted by molar-refractivity contribution is 5.98. The van der Waals surface area contributed by atoms with E-state index >= 15 is 0 Å². The number of carbonyl (C=O) groups excluding carboxylic acids is 2. The van der Waals surface area contributed by atoms with Gasteiger partial charge >= 0.3 is 5.97 Å². The zero-order valence-electron chi connectivity index (χ0n) is 10.3. The Morgan fingerprint density at radius 3 is 2.84 bits per heavy atom. The van der Waals surface area contributed by atoms with Crippen LogP contribution in [0.2, 0.25) is 0 Å². The van der Waals surface area contributed by atoms with Crippen LogP contribution >= 0.6 is 0 Å². The predicted octanol–water partition coefficient (Wildman–Crippen LogP) is 0.442. The maximum Gasteiger partial charge on any atom is 0.339 e. The van der Waals surface area contributed by atoms with E-state index in [0.29, 0.717) is 5.69 Å². The van der Waals surface area contributed by atoms with Crippen molar-refractivity contribution in [2.45, 2.75) is 12.5 Å². The molecule has 1 aromatic carbocycles. The van der Waals surface area contributed by atoms with Crippen LogP contribution in [0.1, 0.15) is 22.3 Å². The number of carbonyl (C=O) groups is 2. The Hall–Kier alpha value is -2.39. The van der Waals surface area contributed by atoms with Crippen molar-refractivity contribution in [1.29, 1.82) is 5.26 Å². The first-order valence-corrected chi connectivity index (χ1v) is 5.67. The van der Waals surface area contributed by atoms with Crippen molar-refractivity contribution in [2.24, 2.45) is 0 Å². The lowest BCUT2D eigenvalue weighted by Crippen LogP contribution is -2.25. The van der Waals surface area contributed by atoms with Gasteiger partial charge in [-0.05, 0) is 18.2 Å². The van der Waals surface area contributed by atoms with Gasteiger partial charge in [0.05, 0.1) is 37.3 Å². The van der Waals surface area contributed by atoms with Gasteiger partial charge in [-0.25, -0.2) is 4.79 Å². The zero-order chi connectivity index (χ0) is 14.0. The highest BCUT2D eigenvalue weighted by Gasteiger charge is 2.29. The number of amides is 1. The number of esters is 1. The van der Waals surface area contributed by atoms with E-state index in [4.69, 9.17) is 5.26 Å². The van der Waals surface area contributed by atoms with Gasteiger partial charge in [0.15, 0.2) is 0 Å². The Balaban J connectivity index is 2.38. The molecule has 1 heterocycles. The lowest BCUT2D eigenvalue weighted by atomic mass is 10.1. The molecule has 1 aliphatic heterocycles. The summed E-state index contributed by atoms with van der Waals surface area (Å²) in [4.78, 5) is 24.5. The first-order chi connectivity index (χ1) is 9.06. The van der Waals surface area contributed by atoms with Crippen molar-refractivity contribution < 1.29 is 19.4 Å². The van der Waals surface area contributed by atoms with Crippen LogP contribution in [0.5, 0.6) is 0 Å². The van der Waals surface area contributed by atoms with Gasteiger partial charge in [0.2, 0.25) is 5.91 Å².